The van der Waals surface area contributed by atoms with Crippen molar-refractivity contribution < 1.29 is 14.4 Å². The third-order valence-electron chi connectivity index (χ3n) is 7.15. The molecular formula is C23H30N4O3. The molecule has 1 spiro atoms. The maximum atomic E-state index is 13.4. The van der Waals surface area contributed by atoms with Gasteiger partial charge in [-0.3, -0.25) is 19.4 Å². The lowest BCUT2D eigenvalue weighted by atomic mass is 9.87. The number of likely N-dealkylation sites (tertiary alicyclic amines) is 2. The van der Waals surface area contributed by atoms with Crippen molar-refractivity contribution >= 4 is 17.8 Å². The standard InChI is InChI=1S/C23H30N4O3/c28-20(18-8-9-18)26-12-4-7-19(16-26)27-21(29)23(24-22(27)30)10-13-25(14-11-23)15-17-5-2-1-3-6-17/h1-3,5-6,18-19H,4,7-16H2,(H,24,30)/t19-/m0/s1. The summed E-state index contributed by atoms with van der Waals surface area (Å²) in [5, 5.41) is 3.04. The van der Waals surface area contributed by atoms with Crippen molar-refractivity contribution in [1.29, 1.82) is 0 Å². The summed E-state index contributed by atoms with van der Waals surface area (Å²) in [4.78, 5) is 44.4. The molecule has 3 heterocycles. The first-order chi connectivity index (χ1) is 14.6. The fourth-order valence-electron chi connectivity index (χ4n) is 5.20. The highest BCUT2D eigenvalue weighted by atomic mass is 16.2. The van der Waals surface area contributed by atoms with Crippen molar-refractivity contribution in [1.82, 2.24) is 20.0 Å². The van der Waals surface area contributed by atoms with E-state index in [9.17, 15) is 14.4 Å². The van der Waals surface area contributed by atoms with E-state index in [1.165, 1.54) is 10.5 Å². The maximum Gasteiger partial charge on any atom is 0.325 e. The summed E-state index contributed by atoms with van der Waals surface area (Å²) in [5.74, 6) is 0.292. The number of nitrogens with one attached hydrogen (secondary N) is 1. The summed E-state index contributed by atoms with van der Waals surface area (Å²) >= 11 is 0. The van der Waals surface area contributed by atoms with Gasteiger partial charge in [-0.15, -0.1) is 0 Å². The highest BCUT2D eigenvalue weighted by Gasteiger charge is 2.54. The van der Waals surface area contributed by atoms with Gasteiger partial charge in [-0.1, -0.05) is 30.3 Å². The Labute approximate surface area is 177 Å². The molecule has 4 fully saturated rings. The lowest BCUT2D eigenvalue weighted by Crippen LogP contribution is -2.56. The molecule has 0 radical (unpaired) electrons. The molecule has 1 aromatic rings. The fraction of sp³-hybridized carbons (Fsp3) is 0.609. The van der Waals surface area contributed by atoms with Crippen molar-refractivity contribution in [3.8, 4) is 0 Å². The number of hydrogen-bond acceptors (Lipinski definition) is 4. The van der Waals surface area contributed by atoms with E-state index in [-0.39, 0.29) is 29.8 Å². The Morgan fingerprint density at radius 1 is 1.03 bits per heavy atom. The number of piperidine rings is 2. The Hall–Kier alpha value is -2.41. The van der Waals surface area contributed by atoms with Crippen LogP contribution in [-0.4, -0.2) is 70.3 Å². The van der Waals surface area contributed by atoms with Crippen LogP contribution in [0.2, 0.25) is 0 Å². The van der Waals surface area contributed by atoms with Gasteiger partial charge in [0.2, 0.25) is 5.91 Å². The zero-order chi connectivity index (χ0) is 20.7. The molecule has 7 heteroatoms. The normalized spacial score (nSPS) is 26.9. The first-order valence-corrected chi connectivity index (χ1v) is 11.3. The van der Waals surface area contributed by atoms with E-state index in [4.69, 9.17) is 0 Å². The molecule has 1 atom stereocenters. The van der Waals surface area contributed by atoms with Crippen LogP contribution in [-0.2, 0) is 16.1 Å². The Morgan fingerprint density at radius 3 is 2.47 bits per heavy atom. The van der Waals surface area contributed by atoms with Crippen LogP contribution in [0.1, 0.15) is 44.1 Å². The molecule has 1 N–H and O–H groups in total. The zero-order valence-corrected chi connectivity index (χ0v) is 17.4. The van der Waals surface area contributed by atoms with Gasteiger partial charge in [-0.05, 0) is 44.1 Å². The van der Waals surface area contributed by atoms with E-state index < -0.39 is 5.54 Å². The van der Waals surface area contributed by atoms with Crippen molar-refractivity contribution in [3.05, 3.63) is 35.9 Å². The number of benzene rings is 1. The Balaban J connectivity index is 1.23. The number of urea groups is 1. The van der Waals surface area contributed by atoms with E-state index in [0.717, 1.165) is 51.9 Å². The molecule has 3 aliphatic heterocycles. The summed E-state index contributed by atoms with van der Waals surface area (Å²) in [7, 11) is 0. The zero-order valence-electron chi connectivity index (χ0n) is 17.4. The lowest BCUT2D eigenvalue weighted by molar-refractivity contribution is -0.139. The first-order valence-electron chi connectivity index (χ1n) is 11.3. The number of nitrogens with zero attached hydrogens (tertiary/aromatic N) is 3. The molecule has 0 aromatic heterocycles. The van der Waals surface area contributed by atoms with Crippen LogP contribution in [0.15, 0.2) is 30.3 Å². The molecule has 5 rings (SSSR count). The largest absolute Gasteiger partial charge is 0.340 e. The van der Waals surface area contributed by atoms with Gasteiger partial charge in [0.1, 0.15) is 5.54 Å². The number of hydrogen-bond donors (Lipinski definition) is 1. The van der Waals surface area contributed by atoms with Crippen molar-refractivity contribution in [3.63, 3.8) is 0 Å². The van der Waals surface area contributed by atoms with Crippen LogP contribution in [0.25, 0.3) is 0 Å². The molecule has 4 amide bonds. The van der Waals surface area contributed by atoms with Gasteiger partial charge in [0, 0.05) is 38.6 Å². The fourth-order valence-corrected chi connectivity index (χ4v) is 5.20. The molecule has 7 nitrogen and oxygen atoms in total. The highest BCUT2D eigenvalue weighted by Crippen LogP contribution is 2.35. The predicted molar refractivity (Wildman–Crippen MR) is 111 cm³/mol. The molecule has 30 heavy (non-hydrogen) atoms. The second-order valence-corrected chi connectivity index (χ2v) is 9.30. The predicted octanol–water partition coefficient (Wildman–Crippen LogP) is 1.97. The molecule has 1 saturated carbocycles. The smallest absolute Gasteiger partial charge is 0.325 e. The topological polar surface area (TPSA) is 73.0 Å². The van der Waals surface area contributed by atoms with Crippen LogP contribution in [0.5, 0.6) is 0 Å². The van der Waals surface area contributed by atoms with E-state index in [1.54, 1.807) is 0 Å². The minimum Gasteiger partial charge on any atom is -0.340 e. The van der Waals surface area contributed by atoms with Crippen molar-refractivity contribution in [2.45, 2.75) is 56.7 Å². The van der Waals surface area contributed by atoms with Gasteiger partial charge >= 0.3 is 6.03 Å². The van der Waals surface area contributed by atoms with Crippen LogP contribution >= 0.6 is 0 Å². The van der Waals surface area contributed by atoms with Crippen molar-refractivity contribution in [2.75, 3.05) is 26.2 Å². The quantitative estimate of drug-likeness (QED) is 0.771. The van der Waals surface area contributed by atoms with Crippen LogP contribution in [0.3, 0.4) is 0 Å². The Kier molecular flexibility index (Phi) is 5.01. The number of imide groups is 1. The van der Waals surface area contributed by atoms with Gasteiger partial charge in [0.15, 0.2) is 0 Å². The lowest BCUT2D eigenvalue weighted by Gasteiger charge is -2.39. The van der Waals surface area contributed by atoms with Gasteiger partial charge in [-0.25, -0.2) is 4.79 Å². The molecule has 0 unspecified atom stereocenters. The van der Waals surface area contributed by atoms with E-state index >= 15 is 0 Å². The van der Waals surface area contributed by atoms with Crippen LogP contribution in [0.4, 0.5) is 4.79 Å². The van der Waals surface area contributed by atoms with E-state index in [0.29, 0.717) is 19.4 Å². The highest BCUT2D eigenvalue weighted by molar-refractivity contribution is 6.07. The summed E-state index contributed by atoms with van der Waals surface area (Å²) < 4.78 is 0. The van der Waals surface area contributed by atoms with Crippen LogP contribution in [0, 0.1) is 5.92 Å². The molecule has 160 valence electrons. The average Bonchev–Trinajstić information content (AvgIpc) is 3.58. The molecule has 0 bridgehead atoms. The third kappa shape index (κ3) is 3.60. The number of amides is 4. The second-order valence-electron chi connectivity index (χ2n) is 9.30. The molecular weight excluding hydrogens is 380 g/mol. The minimum atomic E-state index is -0.771. The molecule has 4 aliphatic rings. The molecule has 1 aromatic carbocycles. The first kappa shape index (κ1) is 19.5. The molecule has 3 saturated heterocycles. The van der Waals surface area contributed by atoms with E-state index in [1.807, 2.05) is 23.1 Å². The molecule has 1 aliphatic carbocycles. The van der Waals surface area contributed by atoms with E-state index in [2.05, 4.69) is 22.3 Å². The minimum absolute atomic E-state index is 0.0856. The maximum absolute atomic E-state index is 13.4. The third-order valence-corrected chi connectivity index (χ3v) is 7.15. The Bertz CT molecular complexity index is 830. The number of rotatable bonds is 4. The van der Waals surface area contributed by atoms with Gasteiger partial charge in [0.25, 0.3) is 5.91 Å². The second kappa shape index (κ2) is 7.69. The summed E-state index contributed by atoms with van der Waals surface area (Å²) in [6, 6.07) is 9.86. The SMILES string of the molecule is O=C(C1CC1)N1CCC[C@H](N2C(=O)NC3(CCN(Cc4ccccc4)CC3)C2=O)C1. The number of carbonyl (C=O) groups excluding carboxylic acids is 3. The van der Waals surface area contributed by atoms with Gasteiger partial charge in [-0.2, -0.15) is 0 Å². The summed E-state index contributed by atoms with van der Waals surface area (Å²) in [5.41, 5.74) is 0.493. The van der Waals surface area contributed by atoms with Gasteiger partial charge < -0.3 is 10.2 Å². The Morgan fingerprint density at radius 2 is 1.77 bits per heavy atom. The summed E-state index contributed by atoms with van der Waals surface area (Å²) in [6.45, 7) is 3.67. The number of carbonyl (C=O) groups is 3. The average molecular weight is 411 g/mol. The van der Waals surface area contributed by atoms with Crippen molar-refractivity contribution in [2.24, 2.45) is 5.92 Å². The monoisotopic (exact) mass is 410 g/mol. The van der Waals surface area contributed by atoms with Gasteiger partial charge in [0.05, 0.1) is 6.04 Å². The summed E-state index contributed by atoms with van der Waals surface area (Å²) in [6.07, 6.45) is 4.86. The van der Waals surface area contributed by atoms with Crippen LogP contribution < -0.4 is 5.32 Å².